The van der Waals surface area contributed by atoms with Gasteiger partial charge in [0.1, 0.15) is 0 Å². The fourth-order valence-electron chi connectivity index (χ4n) is 1.31. The van der Waals surface area contributed by atoms with Crippen molar-refractivity contribution in [3.8, 4) is 0 Å². The van der Waals surface area contributed by atoms with E-state index in [1.54, 1.807) is 6.20 Å². The van der Waals surface area contributed by atoms with Gasteiger partial charge in [-0.25, -0.2) is 9.97 Å². The predicted molar refractivity (Wildman–Crippen MR) is 60.9 cm³/mol. The van der Waals surface area contributed by atoms with Crippen molar-refractivity contribution >= 4 is 5.95 Å². The molecule has 1 aromatic heterocycles. The van der Waals surface area contributed by atoms with E-state index in [2.05, 4.69) is 16.9 Å². The zero-order valence-corrected chi connectivity index (χ0v) is 9.69. The van der Waals surface area contributed by atoms with Crippen LogP contribution in [-0.2, 0) is 6.61 Å². The van der Waals surface area contributed by atoms with E-state index >= 15 is 0 Å². The molecule has 1 N–H and O–H groups in total. The van der Waals surface area contributed by atoms with E-state index in [4.69, 9.17) is 5.11 Å². The minimum absolute atomic E-state index is 0.00475. The van der Waals surface area contributed by atoms with Crippen LogP contribution in [0.2, 0.25) is 0 Å². The molecular weight excluding hydrogens is 190 g/mol. The summed E-state index contributed by atoms with van der Waals surface area (Å²) >= 11 is 0. The number of hydrogen-bond donors (Lipinski definition) is 1. The Balaban J connectivity index is 2.73. The summed E-state index contributed by atoms with van der Waals surface area (Å²) in [6.45, 7) is 5.03. The zero-order valence-electron chi connectivity index (χ0n) is 9.69. The predicted octanol–water partition coefficient (Wildman–Crippen LogP) is 1.51. The molecule has 0 bridgehead atoms. The summed E-state index contributed by atoms with van der Waals surface area (Å²) < 4.78 is 0. The average Bonchev–Trinajstić information content (AvgIpc) is 2.25. The van der Waals surface area contributed by atoms with Gasteiger partial charge in [-0.3, -0.25) is 0 Å². The molecule has 84 valence electrons. The summed E-state index contributed by atoms with van der Waals surface area (Å²) in [5.74, 6) is 0.734. The Bertz CT molecular complexity index is 315. The summed E-state index contributed by atoms with van der Waals surface area (Å²) in [6, 6.07) is 0. The molecule has 4 heteroatoms. The normalized spacial score (nSPS) is 10.4. The van der Waals surface area contributed by atoms with Crippen LogP contribution in [-0.4, -0.2) is 28.7 Å². The Morgan fingerprint density at radius 1 is 1.47 bits per heavy atom. The van der Waals surface area contributed by atoms with Crippen molar-refractivity contribution < 1.29 is 5.11 Å². The molecule has 0 saturated heterocycles. The number of anilines is 1. The van der Waals surface area contributed by atoms with Gasteiger partial charge in [0.05, 0.1) is 6.61 Å². The topological polar surface area (TPSA) is 49.2 Å². The van der Waals surface area contributed by atoms with Crippen molar-refractivity contribution in [2.75, 3.05) is 18.5 Å². The molecule has 0 aliphatic carbocycles. The van der Waals surface area contributed by atoms with Gasteiger partial charge in [-0.2, -0.15) is 0 Å². The monoisotopic (exact) mass is 209 g/mol. The lowest BCUT2D eigenvalue weighted by atomic mass is 10.2. The molecule has 0 saturated carbocycles. The van der Waals surface area contributed by atoms with E-state index in [0.29, 0.717) is 0 Å². The maximum atomic E-state index is 9.00. The van der Waals surface area contributed by atoms with Crippen LogP contribution < -0.4 is 4.90 Å². The number of hydrogen-bond acceptors (Lipinski definition) is 4. The second-order valence-electron chi connectivity index (χ2n) is 3.71. The molecule has 15 heavy (non-hydrogen) atoms. The highest BCUT2D eigenvalue weighted by molar-refractivity contribution is 5.31. The van der Waals surface area contributed by atoms with E-state index < -0.39 is 0 Å². The molecule has 1 rings (SSSR count). The smallest absolute Gasteiger partial charge is 0.225 e. The van der Waals surface area contributed by atoms with Crippen LogP contribution in [0, 0.1) is 6.92 Å². The molecule has 0 amide bonds. The third-order valence-corrected chi connectivity index (χ3v) is 2.43. The minimum atomic E-state index is 0.00475. The zero-order chi connectivity index (χ0) is 11.3. The summed E-state index contributed by atoms with van der Waals surface area (Å²) in [5.41, 5.74) is 1.65. The molecule has 0 aromatic carbocycles. The molecule has 1 heterocycles. The maximum Gasteiger partial charge on any atom is 0.225 e. The van der Waals surface area contributed by atoms with Crippen LogP contribution >= 0.6 is 0 Å². The van der Waals surface area contributed by atoms with E-state index in [-0.39, 0.29) is 6.61 Å². The Hall–Kier alpha value is -1.16. The number of aromatic nitrogens is 2. The largest absolute Gasteiger partial charge is 0.392 e. The van der Waals surface area contributed by atoms with Crippen molar-refractivity contribution in [2.24, 2.45) is 0 Å². The van der Waals surface area contributed by atoms with Crippen molar-refractivity contribution in [1.82, 2.24) is 9.97 Å². The highest BCUT2D eigenvalue weighted by Crippen LogP contribution is 2.10. The SMILES string of the molecule is CCCCN(C)c1ncc(CO)c(C)n1. The first kappa shape index (κ1) is 11.9. The van der Waals surface area contributed by atoms with Crippen LogP contribution in [0.5, 0.6) is 0 Å². The van der Waals surface area contributed by atoms with Gasteiger partial charge in [-0.15, -0.1) is 0 Å². The number of rotatable bonds is 5. The molecule has 0 unspecified atom stereocenters. The van der Waals surface area contributed by atoms with Gasteiger partial charge in [0.15, 0.2) is 0 Å². The van der Waals surface area contributed by atoms with Crippen molar-refractivity contribution in [3.63, 3.8) is 0 Å². The molecular formula is C11H19N3O. The third kappa shape index (κ3) is 3.16. The van der Waals surface area contributed by atoms with Crippen molar-refractivity contribution in [1.29, 1.82) is 0 Å². The summed E-state index contributed by atoms with van der Waals surface area (Å²) in [6.07, 6.45) is 4.00. The standard InChI is InChI=1S/C11H19N3O/c1-4-5-6-14(3)11-12-7-10(8-15)9(2)13-11/h7,15H,4-6,8H2,1-3H3. The van der Waals surface area contributed by atoms with E-state index in [0.717, 1.165) is 36.6 Å². The first-order chi connectivity index (χ1) is 7.19. The number of nitrogens with zero attached hydrogens (tertiary/aromatic N) is 3. The van der Waals surface area contributed by atoms with Crippen LogP contribution in [0.15, 0.2) is 6.20 Å². The maximum absolute atomic E-state index is 9.00. The highest BCUT2D eigenvalue weighted by atomic mass is 16.3. The Morgan fingerprint density at radius 3 is 2.73 bits per heavy atom. The minimum Gasteiger partial charge on any atom is -0.392 e. The lowest BCUT2D eigenvalue weighted by Crippen LogP contribution is -2.21. The summed E-state index contributed by atoms with van der Waals surface area (Å²) in [7, 11) is 1.99. The Morgan fingerprint density at radius 2 is 2.20 bits per heavy atom. The van der Waals surface area contributed by atoms with Crippen LogP contribution in [0.1, 0.15) is 31.0 Å². The summed E-state index contributed by atoms with van der Waals surface area (Å²) in [5, 5.41) is 9.00. The van der Waals surface area contributed by atoms with Gasteiger partial charge >= 0.3 is 0 Å². The second-order valence-corrected chi connectivity index (χ2v) is 3.71. The summed E-state index contributed by atoms with van der Waals surface area (Å²) in [4.78, 5) is 10.6. The second kappa shape index (κ2) is 5.66. The molecule has 4 nitrogen and oxygen atoms in total. The van der Waals surface area contributed by atoms with Gasteiger partial charge in [0.2, 0.25) is 5.95 Å². The van der Waals surface area contributed by atoms with E-state index in [1.807, 2.05) is 18.9 Å². The molecule has 0 atom stereocenters. The van der Waals surface area contributed by atoms with Crippen molar-refractivity contribution in [3.05, 3.63) is 17.5 Å². The van der Waals surface area contributed by atoms with Crippen LogP contribution in [0.3, 0.4) is 0 Å². The molecule has 0 radical (unpaired) electrons. The Labute approximate surface area is 91.0 Å². The third-order valence-electron chi connectivity index (χ3n) is 2.43. The lowest BCUT2D eigenvalue weighted by Gasteiger charge is -2.17. The van der Waals surface area contributed by atoms with Crippen LogP contribution in [0.4, 0.5) is 5.95 Å². The van der Waals surface area contributed by atoms with Gasteiger partial charge < -0.3 is 10.0 Å². The Kier molecular flexibility index (Phi) is 4.49. The van der Waals surface area contributed by atoms with Crippen LogP contribution in [0.25, 0.3) is 0 Å². The molecule has 0 aliphatic heterocycles. The number of aliphatic hydroxyl groups is 1. The molecule has 1 aromatic rings. The molecule has 0 spiro atoms. The molecule has 0 aliphatic rings. The van der Waals surface area contributed by atoms with E-state index in [9.17, 15) is 0 Å². The fourth-order valence-corrected chi connectivity index (χ4v) is 1.31. The van der Waals surface area contributed by atoms with E-state index in [1.165, 1.54) is 0 Å². The van der Waals surface area contributed by atoms with Crippen molar-refractivity contribution in [2.45, 2.75) is 33.3 Å². The molecule has 0 fully saturated rings. The lowest BCUT2D eigenvalue weighted by molar-refractivity contribution is 0.280. The van der Waals surface area contributed by atoms with Gasteiger partial charge in [-0.05, 0) is 13.3 Å². The average molecular weight is 209 g/mol. The number of unbranched alkanes of at least 4 members (excludes halogenated alkanes) is 1. The van der Waals surface area contributed by atoms with Gasteiger partial charge in [0.25, 0.3) is 0 Å². The van der Waals surface area contributed by atoms with Gasteiger partial charge in [-0.1, -0.05) is 13.3 Å². The first-order valence-electron chi connectivity index (χ1n) is 5.33. The number of aliphatic hydroxyl groups excluding tert-OH is 1. The quantitative estimate of drug-likeness (QED) is 0.798. The van der Waals surface area contributed by atoms with Gasteiger partial charge in [0, 0.05) is 31.0 Å². The highest BCUT2D eigenvalue weighted by Gasteiger charge is 2.06. The first-order valence-corrected chi connectivity index (χ1v) is 5.33. The number of aryl methyl sites for hydroxylation is 1. The fraction of sp³-hybridized carbons (Fsp3) is 0.636.